The van der Waals surface area contributed by atoms with E-state index in [1.165, 1.54) is 23.5 Å². The number of hydrogen-bond acceptors (Lipinski definition) is 6. The molecule has 0 atom stereocenters. The van der Waals surface area contributed by atoms with Crippen LogP contribution in [0.15, 0.2) is 41.1 Å². The van der Waals surface area contributed by atoms with E-state index >= 15 is 0 Å². The predicted molar refractivity (Wildman–Crippen MR) is 99.5 cm³/mol. The van der Waals surface area contributed by atoms with Crippen LogP contribution in [0.1, 0.15) is 38.4 Å². The predicted octanol–water partition coefficient (Wildman–Crippen LogP) is 2.26. The van der Waals surface area contributed by atoms with Crippen LogP contribution in [0.4, 0.5) is 0 Å². The summed E-state index contributed by atoms with van der Waals surface area (Å²) in [5, 5.41) is 8.08. The Kier molecular flexibility index (Phi) is 5.31. The van der Waals surface area contributed by atoms with Crippen LogP contribution in [0.25, 0.3) is 6.08 Å². The van der Waals surface area contributed by atoms with Gasteiger partial charge in [-0.1, -0.05) is 5.21 Å². The highest BCUT2D eigenvalue weighted by atomic mass is 32.2. The van der Waals surface area contributed by atoms with E-state index in [9.17, 15) is 13.2 Å². The van der Waals surface area contributed by atoms with Crippen LogP contribution in [0, 0.1) is 0 Å². The van der Waals surface area contributed by atoms with Crippen molar-refractivity contribution in [2.24, 2.45) is 0 Å². The van der Waals surface area contributed by atoms with E-state index in [1.54, 1.807) is 29.1 Å². The van der Waals surface area contributed by atoms with E-state index in [0.29, 0.717) is 17.1 Å². The number of benzene rings is 1. The minimum atomic E-state index is -3.79. The number of methoxy groups -OCH3 is 1. The molecule has 1 aliphatic heterocycles. The Hall–Kier alpha value is -2.68. The summed E-state index contributed by atoms with van der Waals surface area (Å²) in [6, 6.07) is 6.32. The van der Waals surface area contributed by atoms with Gasteiger partial charge >= 0.3 is 0 Å². The van der Waals surface area contributed by atoms with Crippen LogP contribution >= 0.6 is 0 Å². The number of nitrogens with zero attached hydrogens (tertiary/aromatic N) is 4. The topological polar surface area (TPSA) is 94.4 Å². The molecule has 27 heavy (non-hydrogen) atoms. The largest absolute Gasteiger partial charge is 0.497 e. The second kappa shape index (κ2) is 7.51. The molecule has 1 fully saturated rings. The molecule has 0 radical (unpaired) electrons. The van der Waals surface area contributed by atoms with Gasteiger partial charge in [0, 0.05) is 31.1 Å². The monoisotopic (exact) mass is 390 g/mol. The summed E-state index contributed by atoms with van der Waals surface area (Å²) < 4.78 is 34.2. The van der Waals surface area contributed by atoms with Gasteiger partial charge in [0.15, 0.2) is 0 Å². The third kappa shape index (κ3) is 4.02. The van der Waals surface area contributed by atoms with Gasteiger partial charge in [-0.3, -0.25) is 9.10 Å². The Morgan fingerprint density at radius 2 is 1.93 bits per heavy atom. The summed E-state index contributed by atoms with van der Waals surface area (Å²) in [5.74, 6) is 0.572. The van der Waals surface area contributed by atoms with Crippen molar-refractivity contribution in [3.05, 3.63) is 41.9 Å². The van der Waals surface area contributed by atoms with Crippen molar-refractivity contribution >= 4 is 21.9 Å². The molecule has 0 spiro atoms. The molecule has 2 heterocycles. The van der Waals surface area contributed by atoms with Crippen molar-refractivity contribution in [2.45, 2.75) is 37.6 Å². The summed E-state index contributed by atoms with van der Waals surface area (Å²) >= 11 is 0. The zero-order valence-electron chi connectivity index (χ0n) is 15.5. The Morgan fingerprint density at radius 1 is 1.22 bits per heavy atom. The van der Waals surface area contributed by atoms with E-state index in [4.69, 9.17) is 4.74 Å². The zero-order chi connectivity index (χ0) is 19.6. The molecule has 0 saturated carbocycles. The lowest BCUT2D eigenvalue weighted by Gasteiger charge is -2.30. The zero-order valence-corrected chi connectivity index (χ0v) is 16.3. The number of carbonyl (C=O) groups excluding carboxylic acids is 1. The van der Waals surface area contributed by atoms with Gasteiger partial charge in [0.2, 0.25) is 0 Å². The summed E-state index contributed by atoms with van der Waals surface area (Å²) in [6.45, 7) is 4.05. The van der Waals surface area contributed by atoms with E-state index in [2.05, 4.69) is 10.3 Å². The summed E-state index contributed by atoms with van der Waals surface area (Å²) in [4.78, 5) is 12.1. The van der Waals surface area contributed by atoms with E-state index in [-0.39, 0.29) is 36.1 Å². The Morgan fingerprint density at radius 3 is 2.52 bits per heavy atom. The lowest BCUT2D eigenvalue weighted by molar-refractivity contribution is -0.119. The van der Waals surface area contributed by atoms with Gasteiger partial charge in [-0.2, -0.15) is 0 Å². The van der Waals surface area contributed by atoms with Gasteiger partial charge in [-0.05, 0) is 44.2 Å². The number of ketones is 1. The van der Waals surface area contributed by atoms with Crippen molar-refractivity contribution < 1.29 is 17.9 Å². The number of allylic oxidation sites excluding steroid dienone is 1. The van der Waals surface area contributed by atoms with Crippen LogP contribution < -0.4 is 4.74 Å². The fourth-order valence-electron chi connectivity index (χ4n) is 2.80. The number of Topliss-reactive ketones (excluding diaryl/α,β-unsaturated/α-hetero) is 1. The minimum Gasteiger partial charge on any atom is -0.497 e. The Balaban J connectivity index is 1.97. The molecule has 0 amide bonds. The number of ether oxygens (including phenoxy) is 1. The van der Waals surface area contributed by atoms with Gasteiger partial charge < -0.3 is 4.74 Å². The standard InChI is InChI=1S/C18H22N4O4S/c1-13(2)21-12-14(19-20-21)10-15-11-16(23)8-9-22(15)27(24,25)18-6-4-17(26-3)5-7-18/h4-7,10,12-13H,8-9,11H2,1-3H3. The first kappa shape index (κ1) is 19.1. The van der Waals surface area contributed by atoms with Crippen molar-refractivity contribution in [3.8, 4) is 5.75 Å². The number of rotatable bonds is 5. The summed E-state index contributed by atoms with van der Waals surface area (Å²) in [5.41, 5.74) is 0.918. The quantitative estimate of drug-likeness (QED) is 0.777. The molecule has 0 aliphatic carbocycles. The van der Waals surface area contributed by atoms with E-state index < -0.39 is 10.0 Å². The van der Waals surface area contributed by atoms with Crippen LogP contribution in [-0.4, -0.2) is 47.2 Å². The number of aromatic nitrogens is 3. The maximum atomic E-state index is 13.1. The Labute approximate surface area is 158 Å². The number of sulfonamides is 1. The normalized spacial score (nSPS) is 17.0. The number of piperidine rings is 1. The van der Waals surface area contributed by atoms with Crippen LogP contribution in [0.2, 0.25) is 0 Å². The molecule has 1 aromatic carbocycles. The van der Waals surface area contributed by atoms with Crippen molar-refractivity contribution in [1.29, 1.82) is 0 Å². The van der Waals surface area contributed by atoms with Gasteiger partial charge in [0.05, 0.1) is 18.2 Å². The SMILES string of the molecule is COc1ccc(S(=O)(=O)N2CCC(=O)CC2=Cc2cn(C(C)C)nn2)cc1. The molecule has 2 aromatic rings. The van der Waals surface area contributed by atoms with Crippen molar-refractivity contribution in [1.82, 2.24) is 19.3 Å². The highest BCUT2D eigenvalue weighted by Gasteiger charge is 2.31. The first-order chi connectivity index (χ1) is 12.8. The van der Waals surface area contributed by atoms with Gasteiger partial charge in [0.1, 0.15) is 17.2 Å². The Bertz CT molecular complexity index is 962. The molecule has 1 aromatic heterocycles. The highest BCUT2D eigenvalue weighted by Crippen LogP contribution is 2.28. The maximum absolute atomic E-state index is 13.1. The molecule has 144 valence electrons. The molecule has 0 bridgehead atoms. The van der Waals surface area contributed by atoms with Gasteiger partial charge in [-0.25, -0.2) is 13.1 Å². The van der Waals surface area contributed by atoms with Gasteiger partial charge in [-0.15, -0.1) is 5.10 Å². The summed E-state index contributed by atoms with van der Waals surface area (Å²) in [6.07, 6.45) is 3.58. The second-order valence-corrected chi connectivity index (χ2v) is 8.43. The average Bonchev–Trinajstić information content (AvgIpc) is 3.10. The smallest absolute Gasteiger partial charge is 0.264 e. The molecular weight excluding hydrogens is 368 g/mol. The van der Waals surface area contributed by atoms with Crippen molar-refractivity contribution in [2.75, 3.05) is 13.7 Å². The molecule has 3 rings (SSSR count). The molecular formula is C18H22N4O4S. The minimum absolute atomic E-state index is 0.00122. The van der Waals surface area contributed by atoms with Crippen molar-refractivity contribution in [3.63, 3.8) is 0 Å². The molecule has 0 unspecified atom stereocenters. The first-order valence-electron chi connectivity index (χ1n) is 8.62. The first-order valence-corrected chi connectivity index (χ1v) is 10.1. The molecule has 1 saturated heterocycles. The number of hydrogen-bond donors (Lipinski definition) is 0. The van der Waals surface area contributed by atoms with Crippen LogP contribution in [0.5, 0.6) is 5.75 Å². The lowest BCUT2D eigenvalue weighted by atomic mass is 10.1. The fraction of sp³-hybridized carbons (Fsp3) is 0.389. The highest BCUT2D eigenvalue weighted by molar-refractivity contribution is 7.89. The second-order valence-electron chi connectivity index (χ2n) is 6.57. The van der Waals surface area contributed by atoms with Crippen LogP contribution in [0.3, 0.4) is 0 Å². The average molecular weight is 390 g/mol. The molecule has 8 nitrogen and oxygen atoms in total. The lowest BCUT2D eigenvalue weighted by Crippen LogP contribution is -2.37. The van der Waals surface area contributed by atoms with E-state index in [1.807, 2.05) is 13.8 Å². The van der Waals surface area contributed by atoms with Gasteiger partial charge in [0.25, 0.3) is 10.0 Å². The molecule has 9 heteroatoms. The fourth-order valence-corrected chi connectivity index (χ4v) is 4.29. The maximum Gasteiger partial charge on any atom is 0.264 e. The third-order valence-corrected chi connectivity index (χ3v) is 6.18. The summed E-state index contributed by atoms with van der Waals surface area (Å²) in [7, 11) is -2.27. The third-order valence-electron chi connectivity index (χ3n) is 4.31. The van der Waals surface area contributed by atoms with E-state index in [0.717, 1.165) is 0 Å². The number of carbonyl (C=O) groups is 1. The molecule has 1 aliphatic rings. The molecule has 0 N–H and O–H groups in total. The van der Waals surface area contributed by atoms with Crippen LogP contribution in [-0.2, 0) is 14.8 Å².